The Morgan fingerprint density at radius 2 is 1.74 bits per heavy atom. The van der Waals surface area contributed by atoms with Gasteiger partial charge in [0.2, 0.25) is 5.91 Å². The van der Waals surface area contributed by atoms with E-state index in [4.69, 9.17) is 27.9 Å². The largest absolute Gasteiger partial charge is 0.484 e. The van der Waals surface area contributed by atoms with Crippen LogP contribution in [0.4, 0.5) is 0 Å². The van der Waals surface area contributed by atoms with Gasteiger partial charge in [-0.3, -0.25) is 9.59 Å². The molecule has 0 heterocycles. The molecule has 5 nitrogen and oxygen atoms in total. The van der Waals surface area contributed by atoms with Gasteiger partial charge in [-0.25, -0.2) is 0 Å². The van der Waals surface area contributed by atoms with E-state index in [0.29, 0.717) is 28.8 Å². The highest BCUT2D eigenvalue weighted by molar-refractivity contribution is 6.32. The number of carbonyl (C=O) groups is 2. The highest BCUT2D eigenvalue weighted by Gasteiger charge is 2.29. The molecule has 2 aromatic rings. The van der Waals surface area contributed by atoms with E-state index >= 15 is 0 Å². The smallest absolute Gasteiger partial charge is 0.261 e. The molecule has 2 rings (SSSR count). The number of halogens is 2. The van der Waals surface area contributed by atoms with Crippen molar-refractivity contribution in [3.63, 3.8) is 0 Å². The van der Waals surface area contributed by atoms with Crippen LogP contribution in [0, 0.1) is 13.8 Å². The SMILES string of the molecule is CCCNC(=O)[C@H](CC)N(Cc1ccccc1Cl)C(=O)COc1cc(C)c(Cl)c(C)c1. The van der Waals surface area contributed by atoms with Gasteiger partial charge in [-0.05, 0) is 61.6 Å². The van der Waals surface area contributed by atoms with Gasteiger partial charge in [0.05, 0.1) is 0 Å². The summed E-state index contributed by atoms with van der Waals surface area (Å²) in [5.74, 6) is 0.0977. The fourth-order valence-electron chi connectivity index (χ4n) is 3.31. The third-order valence-electron chi connectivity index (χ3n) is 5.01. The number of rotatable bonds is 10. The Morgan fingerprint density at radius 1 is 1.10 bits per heavy atom. The first-order valence-electron chi connectivity index (χ1n) is 10.5. The molecular weight excluding hydrogens is 435 g/mol. The Morgan fingerprint density at radius 3 is 2.32 bits per heavy atom. The van der Waals surface area contributed by atoms with E-state index in [1.54, 1.807) is 23.1 Å². The normalized spacial score (nSPS) is 11.7. The molecule has 0 saturated heterocycles. The summed E-state index contributed by atoms with van der Waals surface area (Å²) in [6.45, 7) is 8.23. The van der Waals surface area contributed by atoms with Crippen LogP contribution in [0.3, 0.4) is 0 Å². The molecule has 31 heavy (non-hydrogen) atoms. The summed E-state index contributed by atoms with van der Waals surface area (Å²) in [7, 11) is 0. The number of carbonyl (C=O) groups excluding carboxylic acids is 2. The second-order valence-electron chi connectivity index (χ2n) is 7.49. The van der Waals surface area contributed by atoms with Gasteiger partial charge in [0.25, 0.3) is 5.91 Å². The molecule has 0 bridgehead atoms. The Labute approximate surface area is 194 Å². The molecule has 0 aromatic heterocycles. The van der Waals surface area contributed by atoms with Crippen LogP contribution in [0.15, 0.2) is 36.4 Å². The molecule has 168 valence electrons. The predicted molar refractivity (Wildman–Crippen MR) is 126 cm³/mol. The van der Waals surface area contributed by atoms with Crippen molar-refractivity contribution in [2.45, 2.75) is 53.1 Å². The van der Waals surface area contributed by atoms with E-state index < -0.39 is 6.04 Å². The molecule has 0 aliphatic heterocycles. The number of amides is 2. The number of hydrogen-bond donors (Lipinski definition) is 1. The van der Waals surface area contributed by atoms with Crippen LogP contribution in [-0.4, -0.2) is 35.9 Å². The zero-order valence-corrected chi connectivity index (χ0v) is 20.0. The lowest BCUT2D eigenvalue weighted by molar-refractivity contribution is -0.143. The van der Waals surface area contributed by atoms with Gasteiger partial charge in [-0.2, -0.15) is 0 Å². The fraction of sp³-hybridized carbons (Fsp3) is 0.417. The van der Waals surface area contributed by atoms with E-state index in [1.807, 2.05) is 45.9 Å². The first kappa shape index (κ1) is 25.0. The van der Waals surface area contributed by atoms with Crippen molar-refractivity contribution >= 4 is 35.0 Å². The number of nitrogens with one attached hydrogen (secondary N) is 1. The minimum atomic E-state index is -0.618. The summed E-state index contributed by atoms with van der Waals surface area (Å²) in [5, 5.41) is 4.12. The summed E-state index contributed by atoms with van der Waals surface area (Å²) in [4.78, 5) is 27.5. The van der Waals surface area contributed by atoms with Gasteiger partial charge in [0.1, 0.15) is 11.8 Å². The van der Waals surface area contributed by atoms with Gasteiger partial charge in [-0.1, -0.05) is 55.2 Å². The zero-order valence-electron chi connectivity index (χ0n) is 18.5. The van der Waals surface area contributed by atoms with Crippen molar-refractivity contribution in [1.29, 1.82) is 0 Å². The molecular formula is C24H30Cl2N2O3. The third-order valence-corrected chi connectivity index (χ3v) is 5.97. The average molecular weight is 465 g/mol. The monoisotopic (exact) mass is 464 g/mol. The number of ether oxygens (including phenoxy) is 1. The summed E-state index contributed by atoms with van der Waals surface area (Å²) in [6, 6.07) is 10.3. The Hall–Kier alpha value is -2.24. The second kappa shape index (κ2) is 12.0. The molecule has 2 aromatic carbocycles. The lowest BCUT2D eigenvalue weighted by atomic mass is 10.1. The van der Waals surface area contributed by atoms with Crippen LogP contribution in [0.5, 0.6) is 5.75 Å². The van der Waals surface area contributed by atoms with E-state index in [0.717, 1.165) is 23.1 Å². The molecule has 0 fully saturated rings. The van der Waals surface area contributed by atoms with Crippen molar-refractivity contribution in [3.8, 4) is 5.75 Å². The number of nitrogens with zero attached hydrogens (tertiary/aromatic N) is 1. The summed E-state index contributed by atoms with van der Waals surface area (Å²) in [6.07, 6.45) is 1.30. The van der Waals surface area contributed by atoms with Crippen molar-refractivity contribution < 1.29 is 14.3 Å². The third kappa shape index (κ3) is 6.88. The Balaban J connectivity index is 2.24. The van der Waals surface area contributed by atoms with E-state index in [-0.39, 0.29) is 25.0 Å². The van der Waals surface area contributed by atoms with Crippen LogP contribution >= 0.6 is 23.2 Å². The summed E-state index contributed by atoms with van der Waals surface area (Å²) in [5.41, 5.74) is 2.53. The lowest BCUT2D eigenvalue weighted by Crippen LogP contribution is -2.50. The van der Waals surface area contributed by atoms with Crippen LogP contribution in [0.2, 0.25) is 10.0 Å². The van der Waals surface area contributed by atoms with Crippen LogP contribution in [-0.2, 0) is 16.1 Å². The van der Waals surface area contributed by atoms with E-state index in [9.17, 15) is 9.59 Å². The minimum absolute atomic E-state index is 0.178. The molecule has 0 aliphatic rings. The molecule has 0 aliphatic carbocycles. The Bertz CT molecular complexity index is 894. The van der Waals surface area contributed by atoms with Crippen LogP contribution < -0.4 is 10.1 Å². The van der Waals surface area contributed by atoms with Crippen LogP contribution in [0.25, 0.3) is 0 Å². The molecule has 0 spiro atoms. The Kier molecular flexibility index (Phi) is 9.66. The van der Waals surface area contributed by atoms with E-state index in [2.05, 4.69) is 5.32 Å². The van der Waals surface area contributed by atoms with Crippen molar-refractivity contribution in [2.24, 2.45) is 0 Å². The topological polar surface area (TPSA) is 58.6 Å². The van der Waals surface area contributed by atoms with Gasteiger partial charge in [0.15, 0.2) is 6.61 Å². The average Bonchev–Trinajstić information content (AvgIpc) is 2.75. The van der Waals surface area contributed by atoms with Crippen molar-refractivity contribution in [1.82, 2.24) is 10.2 Å². The molecule has 2 amide bonds. The molecule has 0 saturated carbocycles. The number of aryl methyl sites for hydroxylation is 2. The maximum absolute atomic E-state index is 13.2. The second-order valence-corrected chi connectivity index (χ2v) is 8.27. The molecule has 1 N–H and O–H groups in total. The quantitative estimate of drug-likeness (QED) is 0.517. The van der Waals surface area contributed by atoms with Crippen molar-refractivity contribution in [3.05, 3.63) is 63.1 Å². The van der Waals surface area contributed by atoms with Gasteiger partial charge in [0, 0.05) is 23.1 Å². The summed E-state index contributed by atoms with van der Waals surface area (Å²) >= 11 is 12.5. The maximum Gasteiger partial charge on any atom is 0.261 e. The zero-order chi connectivity index (χ0) is 23.0. The minimum Gasteiger partial charge on any atom is -0.484 e. The molecule has 0 radical (unpaired) electrons. The molecule has 0 unspecified atom stereocenters. The van der Waals surface area contributed by atoms with Gasteiger partial charge < -0.3 is 15.0 Å². The first-order chi connectivity index (χ1) is 14.8. The summed E-state index contributed by atoms with van der Waals surface area (Å²) < 4.78 is 5.77. The predicted octanol–water partition coefficient (Wildman–Crippen LogP) is 5.32. The first-order valence-corrected chi connectivity index (χ1v) is 11.2. The highest BCUT2D eigenvalue weighted by Crippen LogP contribution is 2.26. The molecule has 7 heteroatoms. The number of hydrogen-bond acceptors (Lipinski definition) is 3. The lowest BCUT2D eigenvalue weighted by Gasteiger charge is -2.31. The fourth-order valence-corrected chi connectivity index (χ4v) is 3.62. The van der Waals surface area contributed by atoms with Gasteiger partial charge >= 0.3 is 0 Å². The maximum atomic E-state index is 13.2. The number of benzene rings is 2. The van der Waals surface area contributed by atoms with Crippen LogP contribution in [0.1, 0.15) is 43.4 Å². The highest BCUT2D eigenvalue weighted by atomic mass is 35.5. The van der Waals surface area contributed by atoms with Crippen molar-refractivity contribution in [2.75, 3.05) is 13.2 Å². The van der Waals surface area contributed by atoms with E-state index in [1.165, 1.54) is 0 Å². The standard InChI is InChI=1S/C24H30Cl2N2O3/c1-5-11-27-24(30)21(6-2)28(14-18-9-7-8-10-20(18)25)22(29)15-31-19-12-16(3)23(26)17(4)13-19/h7-10,12-13,21H,5-6,11,14-15H2,1-4H3,(H,27,30)/t21-/m0/s1. The molecule has 1 atom stereocenters. The van der Waals surface area contributed by atoms with Gasteiger partial charge in [-0.15, -0.1) is 0 Å².